The van der Waals surface area contributed by atoms with Crippen LogP contribution in [0.3, 0.4) is 0 Å². The van der Waals surface area contributed by atoms with E-state index in [0.717, 1.165) is 5.01 Å². The number of hydrogen-bond acceptors (Lipinski definition) is 4. The number of hydrogen-bond donors (Lipinski definition) is 1. The number of carbonyl (C=O) groups excluding carboxylic acids is 1. The summed E-state index contributed by atoms with van der Waals surface area (Å²) in [6.07, 6.45) is 0. The van der Waals surface area contributed by atoms with Crippen LogP contribution in [0.25, 0.3) is 0 Å². The first kappa shape index (κ1) is 11.3. The summed E-state index contributed by atoms with van der Waals surface area (Å²) in [5, 5.41) is 0.982. The topological polar surface area (TPSA) is 64.8 Å². The van der Waals surface area contributed by atoms with E-state index < -0.39 is 0 Å². The maximum Gasteiger partial charge on any atom is 0.274 e. The fraction of sp³-hybridized carbons (Fsp3) is 0.300. The Hall–Kier alpha value is -1.75. The van der Waals surface area contributed by atoms with Crippen molar-refractivity contribution in [2.75, 3.05) is 20.8 Å². The average Bonchev–Trinajstić information content (AvgIpc) is 2.26. The number of ether oxygens (including phenoxy) is 2. The molecule has 0 heterocycles. The van der Waals surface area contributed by atoms with Crippen molar-refractivity contribution in [3.63, 3.8) is 0 Å². The summed E-state index contributed by atoms with van der Waals surface area (Å²) >= 11 is 0. The van der Waals surface area contributed by atoms with E-state index in [2.05, 4.69) is 0 Å². The molecule has 1 rings (SSSR count). The summed E-state index contributed by atoms with van der Waals surface area (Å²) < 4.78 is 10.3. The highest BCUT2D eigenvalue weighted by molar-refractivity contribution is 5.76. The minimum Gasteiger partial charge on any atom is -0.493 e. The third kappa shape index (κ3) is 3.14. The van der Waals surface area contributed by atoms with Gasteiger partial charge in [-0.05, 0) is 12.1 Å². The lowest BCUT2D eigenvalue weighted by Gasteiger charge is -2.12. The number of carbonyl (C=O) groups is 1. The van der Waals surface area contributed by atoms with Crippen molar-refractivity contribution in [3.8, 4) is 11.5 Å². The van der Waals surface area contributed by atoms with E-state index in [-0.39, 0.29) is 12.5 Å². The number of benzene rings is 1. The molecular weight excluding hydrogens is 196 g/mol. The second-order valence-corrected chi connectivity index (χ2v) is 2.94. The molecule has 0 radical (unpaired) electrons. The standard InChI is InChI=1S/C10H14N2O3/c1-12(11)10(13)7-15-9-6-4-3-5-8(9)14-2/h3-6H,7,11H2,1-2H3. The fourth-order valence-corrected chi connectivity index (χ4v) is 0.979. The zero-order valence-electron chi connectivity index (χ0n) is 8.77. The van der Waals surface area contributed by atoms with Gasteiger partial charge in [-0.3, -0.25) is 9.80 Å². The molecule has 0 bridgehead atoms. The van der Waals surface area contributed by atoms with Gasteiger partial charge in [-0.15, -0.1) is 0 Å². The summed E-state index contributed by atoms with van der Waals surface area (Å²) in [6, 6.07) is 7.10. The summed E-state index contributed by atoms with van der Waals surface area (Å²) in [6.45, 7) is -0.104. The predicted molar refractivity (Wildman–Crippen MR) is 55.4 cm³/mol. The largest absolute Gasteiger partial charge is 0.493 e. The highest BCUT2D eigenvalue weighted by Crippen LogP contribution is 2.25. The molecule has 2 N–H and O–H groups in total. The maximum atomic E-state index is 11.2. The van der Waals surface area contributed by atoms with Crippen LogP contribution in [0.15, 0.2) is 24.3 Å². The number of para-hydroxylation sites is 2. The number of nitrogens with two attached hydrogens (primary N) is 1. The molecule has 0 aliphatic heterocycles. The van der Waals surface area contributed by atoms with E-state index in [4.69, 9.17) is 15.3 Å². The highest BCUT2D eigenvalue weighted by Gasteiger charge is 2.08. The van der Waals surface area contributed by atoms with Crippen LogP contribution in [0.1, 0.15) is 0 Å². The van der Waals surface area contributed by atoms with Crippen LogP contribution < -0.4 is 15.3 Å². The molecule has 5 heteroatoms. The van der Waals surface area contributed by atoms with Gasteiger partial charge in [0.1, 0.15) is 0 Å². The van der Waals surface area contributed by atoms with Gasteiger partial charge in [0, 0.05) is 7.05 Å². The summed E-state index contributed by atoms with van der Waals surface area (Å²) in [7, 11) is 3.01. The van der Waals surface area contributed by atoms with Gasteiger partial charge in [-0.25, -0.2) is 5.84 Å². The van der Waals surface area contributed by atoms with E-state index in [9.17, 15) is 4.79 Å². The lowest BCUT2D eigenvalue weighted by atomic mass is 10.3. The van der Waals surface area contributed by atoms with Crippen molar-refractivity contribution in [3.05, 3.63) is 24.3 Å². The van der Waals surface area contributed by atoms with Gasteiger partial charge in [0.05, 0.1) is 7.11 Å². The number of hydrazine groups is 1. The number of rotatable bonds is 4. The smallest absolute Gasteiger partial charge is 0.274 e. The number of amides is 1. The lowest BCUT2D eigenvalue weighted by molar-refractivity contribution is -0.132. The van der Waals surface area contributed by atoms with Gasteiger partial charge >= 0.3 is 0 Å². The molecule has 0 spiro atoms. The molecule has 0 fully saturated rings. The van der Waals surface area contributed by atoms with Crippen molar-refractivity contribution < 1.29 is 14.3 Å². The molecule has 1 amide bonds. The van der Waals surface area contributed by atoms with Crippen LogP contribution in [-0.2, 0) is 4.79 Å². The maximum absolute atomic E-state index is 11.2. The molecule has 0 unspecified atom stereocenters. The van der Waals surface area contributed by atoms with Crippen LogP contribution in [0, 0.1) is 0 Å². The third-order valence-corrected chi connectivity index (χ3v) is 1.81. The summed E-state index contributed by atoms with van der Waals surface area (Å²) in [4.78, 5) is 11.2. The van der Waals surface area contributed by atoms with Crippen LogP contribution >= 0.6 is 0 Å². The van der Waals surface area contributed by atoms with Crippen LogP contribution in [0.5, 0.6) is 11.5 Å². The van der Waals surface area contributed by atoms with Crippen molar-refractivity contribution in [2.45, 2.75) is 0 Å². The van der Waals surface area contributed by atoms with E-state index >= 15 is 0 Å². The van der Waals surface area contributed by atoms with E-state index in [1.54, 1.807) is 25.3 Å². The van der Waals surface area contributed by atoms with Gasteiger partial charge in [-0.2, -0.15) is 0 Å². The number of likely N-dealkylation sites (N-methyl/N-ethyl adjacent to an activating group) is 1. The van der Waals surface area contributed by atoms with Crippen molar-refractivity contribution >= 4 is 5.91 Å². The Labute approximate surface area is 88.3 Å². The first-order chi connectivity index (χ1) is 7.15. The molecule has 1 aromatic rings. The molecule has 0 atom stereocenters. The molecule has 0 saturated carbocycles. The van der Waals surface area contributed by atoms with Crippen LogP contribution in [0.2, 0.25) is 0 Å². The second-order valence-electron chi connectivity index (χ2n) is 2.94. The van der Waals surface area contributed by atoms with Gasteiger partial charge in [0.25, 0.3) is 5.91 Å². The zero-order chi connectivity index (χ0) is 11.3. The first-order valence-electron chi connectivity index (χ1n) is 4.42. The van der Waals surface area contributed by atoms with Gasteiger partial charge in [-0.1, -0.05) is 12.1 Å². The van der Waals surface area contributed by atoms with Gasteiger partial charge < -0.3 is 9.47 Å². The van der Waals surface area contributed by atoms with Crippen LogP contribution in [0.4, 0.5) is 0 Å². The lowest BCUT2D eigenvalue weighted by Crippen LogP contribution is -2.36. The monoisotopic (exact) mass is 210 g/mol. The SMILES string of the molecule is COc1ccccc1OCC(=O)N(C)N. The van der Waals surface area contributed by atoms with E-state index in [1.165, 1.54) is 7.05 Å². The van der Waals surface area contributed by atoms with Crippen molar-refractivity contribution in [1.82, 2.24) is 5.01 Å². The zero-order valence-corrected chi connectivity index (χ0v) is 8.77. The predicted octanol–water partition coefficient (Wildman–Crippen LogP) is 0.406. The Kier molecular flexibility index (Phi) is 3.93. The van der Waals surface area contributed by atoms with Crippen molar-refractivity contribution in [1.29, 1.82) is 0 Å². The fourth-order valence-electron chi connectivity index (χ4n) is 0.979. The molecule has 0 aromatic heterocycles. The molecule has 5 nitrogen and oxygen atoms in total. The molecule has 0 saturated heterocycles. The number of nitrogens with zero attached hydrogens (tertiary/aromatic N) is 1. The molecule has 0 aliphatic carbocycles. The van der Waals surface area contributed by atoms with Gasteiger partial charge in [0.15, 0.2) is 18.1 Å². The molecule has 1 aromatic carbocycles. The second kappa shape index (κ2) is 5.21. The summed E-state index contributed by atoms with van der Waals surface area (Å²) in [5.74, 6) is 6.05. The normalized spacial score (nSPS) is 9.53. The van der Waals surface area contributed by atoms with Crippen molar-refractivity contribution in [2.24, 2.45) is 5.84 Å². The minimum absolute atomic E-state index is 0.104. The quantitative estimate of drug-likeness (QED) is 0.444. The molecule has 0 aliphatic rings. The molecule has 82 valence electrons. The van der Waals surface area contributed by atoms with E-state index in [1.807, 2.05) is 6.07 Å². The Morgan fingerprint density at radius 3 is 2.53 bits per heavy atom. The first-order valence-corrected chi connectivity index (χ1v) is 4.42. The molecular formula is C10H14N2O3. The third-order valence-electron chi connectivity index (χ3n) is 1.81. The Bertz CT molecular complexity index is 339. The van der Waals surface area contributed by atoms with Gasteiger partial charge in [0.2, 0.25) is 0 Å². The Morgan fingerprint density at radius 1 is 1.40 bits per heavy atom. The summed E-state index contributed by atoms with van der Waals surface area (Å²) in [5.41, 5.74) is 0. The molecule has 15 heavy (non-hydrogen) atoms. The highest BCUT2D eigenvalue weighted by atomic mass is 16.5. The average molecular weight is 210 g/mol. The Morgan fingerprint density at radius 2 is 2.00 bits per heavy atom. The Balaban J connectivity index is 2.61. The van der Waals surface area contributed by atoms with E-state index in [0.29, 0.717) is 11.5 Å². The van der Waals surface area contributed by atoms with Crippen LogP contribution in [-0.4, -0.2) is 31.7 Å². The number of methoxy groups -OCH3 is 1. The minimum atomic E-state index is -0.305.